The summed E-state index contributed by atoms with van der Waals surface area (Å²) in [5.41, 5.74) is 0. The maximum absolute atomic E-state index is 12.2. The normalized spacial score (nSPS) is 14.4. The molecule has 1 N–H and O–H groups in total. The molecular weight excluding hydrogens is 354 g/mol. The molecule has 5 heteroatoms. The van der Waals surface area contributed by atoms with E-state index >= 15 is 0 Å². The van der Waals surface area contributed by atoms with E-state index in [1.165, 1.54) is 17.5 Å². The van der Waals surface area contributed by atoms with Crippen LogP contribution in [0.25, 0.3) is 0 Å². The van der Waals surface area contributed by atoms with Gasteiger partial charge in [-0.2, -0.15) is 0 Å². The Hall–Kier alpha value is -1.95. The van der Waals surface area contributed by atoms with Crippen LogP contribution in [0.2, 0.25) is 5.04 Å². The van der Waals surface area contributed by atoms with Crippen LogP contribution in [0.5, 0.6) is 0 Å². The molecule has 27 heavy (non-hydrogen) atoms. The Morgan fingerprint density at radius 2 is 1.41 bits per heavy atom. The minimum Gasteiger partial charge on any atom is -0.468 e. The van der Waals surface area contributed by atoms with Crippen molar-refractivity contribution >= 4 is 24.7 Å². The monoisotopic (exact) mass is 385 g/mol. The van der Waals surface area contributed by atoms with Gasteiger partial charge in [-0.05, 0) is 29.4 Å². The number of carbonyl (C=O) groups is 1. The first-order valence-electron chi connectivity index (χ1n) is 9.32. The van der Waals surface area contributed by atoms with Crippen LogP contribution < -0.4 is 15.7 Å². The third kappa shape index (κ3) is 4.31. The average molecular weight is 386 g/mol. The van der Waals surface area contributed by atoms with Gasteiger partial charge in [0.1, 0.15) is 6.04 Å². The lowest BCUT2D eigenvalue weighted by molar-refractivity contribution is -0.145. The van der Waals surface area contributed by atoms with Gasteiger partial charge in [0.15, 0.2) is 0 Å². The molecule has 146 valence electrons. The van der Waals surface area contributed by atoms with E-state index in [4.69, 9.17) is 9.16 Å². The molecule has 0 spiro atoms. The van der Waals surface area contributed by atoms with Gasteiger partial charge in [0.2, 0.25) is 0 Å². The van der Waals surface area contributed by atoms with E-state index < -0.39 is 14.4 Å². The van der Waals surface area contributed by atoms with Gasteiger partial charge in [-0.1, -0.05) is 81.4 Å². The van der Waals surface area contributed by atoms with E-state index in [-0.39, 0.29) is 17.1 Å². The molecule has 0 saturated heterocycles. The lowest BCUT2D eigenvalue weighted by Crippen LogP contribution is -2.69. The molecule has 0 aromatic heterocycles. The van der Waals surface area contributed by atoms with E-state index in [1.807, 2.05) is 19.1 Å². The Morgan fingerprint density at radius 1 is 0.963 bits per heavy atom. The van der Waals surface area contributed by atoms with Crippen molar-refractivity contribution < 1.29 is 14.0 Å². The molecule has 0 radical (unpaired) electrons. The molecular formula is C22H31NO3Si. The Morgan fingerprint density at radius 3 is 1.74 bits per heavy atom. The second-order valence-corrected chi connectivity index (χ2v) is 12.0. The van der Waals surface area contributed by atoms with E-state index in [9.17, 15) is 4.79 Å². The molecule has 0 unspecified atom stereocenters. The van der Waals surface area contributed by atoms with Crippen LogP contribution in [0.15, 0.2) is 60.7 Å². The topological polar surface area (TPSA) is 47.6 Å². The zero-order chi connectivity index (χ0) is 20.1. The predicted molar refractivity (Wildman–Crippen MR) is 113 cm³/mol. The summed E-state index contributed by atoms with van der Waals surface area (Å²) in [6, 6.07) is 20.3. The van der Waals surface area contributed by atoms with Crippen molar-refractivity contribution in [3.63, 3.8) is 0 Å². The van der Waals surface area contributed by atoms with E-state index in [0.717, 1.165) is 0 Å². The zero-order valence-electron chi connectivity index (χ0n) is 17.2. The first-order valence-corrected chi connectivity index (χ1v) is 11.2. The summed E-state index contributed by atoms with van der Waals surface area (Å²) in [6.45, 7) is 8.60. The molecule has 0 amide bonds. The van der Waals surface area contributed by atoms with Gasteiger partial charge >= 0.3 is 5.97 Å². The summed E-state index contributed by atoms with van der Waals surface area (Å²) in [6.07, 6.45) is -0.353. The number of benzene rings is 2. The lowest BCUT2D eigenvalue weighted by Gasteiger charge is -2.45. The molecule has 0 fully saturated rings. The molecule has 0 aliphatic rings. The highest BCUT2D eigenvalue weighted by atomic mass is 28.4. The van der Waals surface area contributed by atoms with E-state index in [2.05, 4.69) is 74.6 Å². The quantitative estimate of drug-likeness (QED) is 0.588. The molecule has 2 rings (SSSR count). The van der Waals surface area contributed by atoms with Crippen LogP contribution in [-0.4, -0.2) is 40.6 Å². The third-order valence-corrected chi connectivity index (χ3v) is 10.1. The Balaban J connectivity index is 2.64. The number of rotatable bonds is 7. The summed E-state index contributed by atoms with van der Waals surface area (Å²) in [5, 5.41) is 5.29. The molecule has 2 aromatic rings. The number of carbonyl (C=O) groups excluding carboxylic acids is 1. The van der Waals surface area contributed by atoms with Crippen molar-refractivity contribution in [2.45, 2.75) is 44.9 Å². The highest BCUT2D eigenvalue weighted by molar-refractivity contribution is 6.99. The maximum atomic E-state index is 12.2. The Kier molecular flexibility index (Phi) is 6.98. The number of esters is 1. The lowest BCUT2D eigenvalue weighted by atomic mass is 10.2. The largest absolute Gasteiger partial charge is 0.468 e. The summed E-state index contributed by atoms with van der Waals surface area (Å²) in [7, 11) is 0.464. The van der Waals surface area contributed by atoms with Gasteiger partial charge in [-0.25, -0.2) is 0 Å². The maximum Gasteiger partial charge on any atom is 0.325 e. The van der Waals surface area contributed by atoms with Crippen molar-refractivity contribution in [2.75, 3.05) is 14.2 Å². The molecule has 2 aromatic carbocycles. The summed E-state index contributed by atoms with van der Waals surface area (Å²) in [5.74, 6) is -0.317. The van der Waals surface area contributed by atoms with Crippen LogP contribution in [-0.2, 0) is 14.0 Å². The van der Waals surface area contributed by atoms with Gasteiger partial charge in [0.25, 0.3) is 8.32 Å². The minimum atomic E-state index is -2.70. The van der Waals surface area contributed by atoms with Crippen LogP contribution in [0.3, 0.4) is 0 Å². The third-order valence-electron chi connectivity index (χ3n) is 5.02. The number of likely N-dealkylation sites (N-methyl/N-ethyl adjacent to an activating group) is 1. The highest BCUT2D eigenvalue weighted by Crippen LogP contribution is 2.37. The van der Waals surface area contributed by atoms with Gasteiger partial charge in [-0.15, -0.1) is 0 Å². The number of ether oxygens (including phenoxy) is 1. The zero-order valence-corrected chi connectivity index (χ0v) is 18.2. The molecule has 0 aliphatic carbocycles. The standard InChI is InChI=1S/C22H31NO3Si/c1-17(20(23-5)21(24)25-6)26-27(22(2,3)4,18-13-9-7-10-14-18)19-15-11-8-12-16-19/h7-17,20,23H,1-6H3/t17-,20+/m1/s1. The number of methoxy groups -OCH3 is 1. The van der Waals surface area contributed by atoms with Crippen LogP contribution in [0.1, 0.15) is 27.7 Å². The van der Waals surface area contributed by atoms with Crippen molar-refractivity contribution in [1.29, 1.82) is 0 Å². The number of hydrogen-bond acceptors (Lipinski definition) is 4. The Labute approximate surface area is 164 Å². The first-order chi connectivity index (χ1) is 12.8. The summed E-state index contributed by atoms with van der Waals surface area (Å²) < 4.78 is 11.9. The van der Waals surface area contributed by atoms with Crippen molar-refractivity contribution in [1.82, 2.24) is 5.32 Å². The van der Waals surface area contributed by atoms with Crippen molar-refractivity contribution in [2.24, 2.45) is 0 Å². The first kappa shape index (κ1) is 21.3. The second-order valence-electron chi connectivity index (χ2n) is 7.78. The Bertz CT molecular complexity index is 689. The number of hydrogen-bond donors (Lipinski definition) is 1. The van der Waals surface area contributed by atoms with Gasteiger partial charge in [0.05, 0.1) is 13.2 Å². The highest BCUT2D eigenvalue weighted by Gasteiger charge is 2.52. The predicted octanol–water partition coefficient (Wildman–Crippen LogP) is 2.71. The smallest absolute Gasteiger partial charge is 0.325 e. The van der Waals surface area contributed by atoms with Crippen molar-refractivity contribution in [3.05, 3.63) is 60.7 Å². The fraction of sp³-hybridized carbons (Fsp3) is 0.409. The molecule has 0 saturated carbocycles. The van der Waals surface area contributed by atoms with Crippen LogP contribution >= 0.6 is 0 Å². The molecule has 0 bridgehead atoms. The van der Waals surface area contributed by atoms with E-state index in [0.29, 0.717) is 0 Å². The molecule has 0 heterocycles. The van der Waals surface area contributed by atoms with E-state index in [1.54, 1.807) is 7.05 Å². The number of nitrogens with one attached hydrogen (secondary N) is 1. The van der Waals surface area contributed by atoms with Crippen LogP contribution in [0.4, 0.5) is 0 Å². The summed E-state index contributed by atoms with van der Waals surface area (Å²) in [4.78, 5) is 12.2. The van der Waals surface area contributed by atoms with Crippen molar-refractivity contribution in [3.8, 4) is 0 Å². The van der Waals surface area contributed by atoms with Gasteiger partial charge < -0.3 is 14.5 Å². The summed E-state index contributed by atoms with van der Waals surface area (Å²) >= 11 is 0. The van der Waals surface area contributed by atoms with Gasteiger partial charge in [0, 0.05) is 0 Å². The minimum absolute atomic E-state index is 0.140. The average Bonchev–Trinajstić information content (AvgIpc) is 2.66. The van der Waals surface area contributed by atoms with Gasteiger partial charge in [-0.3, -0.25) is 4.79 Å². The molecule has 2 atom stereocenters. The second kappa shape index (κ2) is 8.82. The molecule has 4 nitrogen and oxygen atoms in total. The molecule has 0 aliphatic heterocycles. The SMILES string of the molecule is CN[C@H](C(=O)OC)[C@@H](C)O[Si](c1ccccc1)(c1ccccc1)C(C)(C)C. The fourth-order valence-electron chi connectivity index (χ4n) is 3.71. The van der Waals surface area contributed by atoms with Crippen LogP contribution in [0, 0.1) is 0 Å². The fourth-order valence-corrected chi connectivity index (χ4v) is 8.42.